The van der Waals surface area contributed by atoms with Crippen molar-refractivity contribution in [2.45, 2.75) is 26.2 Å². The molecule has 2 N–H and O–H groups in total. The molecule has 0 saturated carbocycles. The third kappa shape index (κ3) is 6.77. The lowest BCUT2D eigenvalue weighted by molar-refractivity contribution is 0.413. The predicted octanol–water partition coefficient (Wildman–Crippen LogP) is 2.36. The fourth-order valence-electron chi connectivity index (χ4n) is 1.81. The van der Waals surface area contributed by atoms with E-state index in [1.165, 1.54) is 19.2 Å². The summed E-state index contributed by atoms with van der Waals surface area (Å²) in [6.07, 6.45) is 2.42. The van der Waals surface area contributed by atoms with E-state index in [1.807, 2.05) is 0 Å². The van der Waals surface area contributed by atoms with E-state index in [9.17, 15) is 12.8 Å². The minimum atomic E-state index is -3.45. The maximum atomic E-state index is 13.1. The Labute approximate surface area is 125 Å². The fraction of sp³-hybridized carbons (Fsp3) is 0.571. The van der Waals surface area contributed by atoms with Gasteiger partial charge in [0.2, 0.25) is 10.0 Å². The quantitative estimate of drug-likeness (QED) is 0.650. The molecule has 0 bridgehead atoms. The Bertz CT molecular complexity index is 535. The van der Waals surface area contributed by atoms with Crippen molar-refractivity contribution in [3.05, 3.63) is 24.0 Å². The highest BCUT2D eigenvalue weighted by Crippen LogP contribution is 2.26. The third-order valence-corrected chi connectivity index (χ3v) is 4.23. The Kier molecular flexibility index (Phi) is 7.45. The van der Waals surface area contributed by atoms with Gasteiger partial charge in [-0.25, -0.2) is 12.8 Å². The second-order valence-electron chi connectivity index (χ2n) is 4.72. The number of methoxy groups -OCH3 is 1. The van der Waals surface area contributed by atoms with Crippen LogP contribution < -0.4 is 14.8 Å². The summed E-state index contributed by atoms with van der Waals surface area (Å²) in [6.45, 7) is 3.83. The molecule has 1 aromatic rings. The van der Waals surface area contributed by atoms with E-state index < -0.39 is 15.8 Å². The lowest BCUT2D eigenvalue weighted by Crippen LogP contribution is -2.20. The lowest BCUT2D eigenvalue weighted by atomic mass is 10.3. The van der Waals surface area contributed by atoms with Crippen molar-refractivity contribution >= 4 is 15.7 Å². The number of rotatable bonds is 10. The van der Waals surface area contributed by atoms with Crippen molar-refractivity contribution in [2.24, 2.45) is 0 Å². The zero-order chi connectivity index (χ0) is 15.7. The van der Waals surface area contributed by atoms with Crippen molar-refractivity contribution in [3.63, 3.8) is 0 Å². The normalized spacial score (nSPS) is 11.4. The van der Waals surface area contributed by atoms with E-state index in [2.05, 4.69) is 17.0 Å². The summed E-state index contributed by atoms with van der Waals surface area (Å²) in [5, 5.41) is 3.22. The number of anilines is 1. The van der Waals surface area contributed by atoms with Crippen LogP contribution in [0.15, 0.2) is 18.2 Å². The van der Waals surface area contributed by atoms with Crippen LogP contribution in [0.1, 0.15) is 26.2 Å². The van der Waals surface area contributed by atoms with Crippen LogP contribution in [0, 0.1) is 5.82 Å². The Morgan fingerprint density at radius 1 is 1.24 bits per heavy atom. The first-order valence-electron chi connectivity index (χ1n) is 7.03. The molecule has 1 rings (SSSR count). The minimum Gasteiger partial charge on any atom is -0.494 e. The van der Waals surface area contributed by atoms with Crippen LogP contribution in [0.2, 0.25) is 0 Å². The molecule has 21 heavy (non-hydrogen) atoms. The van der Waals surface area contributed by atoms with Crippen LogP contribution in [0.4, 0.5) is 10.1 Å². The van der Waals surface area contributed by atoms with Gasteiger partial charge >= 0.3 is 0 Å². The molecule has 0 radical (unpaired) electrons. The van der Waals surface area contributed by atoms with Crippen molar-refractivity contribution in [1.29, 1.82) is 0 Å². The number of hydrogen-bond donors (Lipinski definition) is 2. The summed E-state index contributed by atoms with van der Waals surface area (Å²) < 4.78 is 44.4. The lowest BCUT2D eigenvalue weighted by Gasteiger charge is -2.11. The van der Waals surface area contributed by atoms with Gasteiger partial charge in [0.15, 0.2) is 0 Å². The first-order valence-corrected chi connectivity index (χ1v) is 8.68. The first-order chi connectivity index (χ1) is 9.98. The number of hydrogen-bond acceptors (Lipinski definition) is 4. The zero-order valence-corrected chi connectivity index (χ0v) is 13.3. The molecule has 0 aliphatic rings. The number of benzene rings is 1. The molecule has 1 aromatic carbocycles. The molecule has 0 unspecified atom stereocenters. The zero-order valence-electron chi connectivity index (χ0n) is 12.5. The molecule has 0 amide bonds. The van der Waals surface area contributed by atoms with Gasteiger partial charge in [-0.3, -0.25) is 4.72 Å². The van der Waals surface area contributed by atoms with Crippen molar-refractivity contribution in [1.82, 2.24) is 5.32 Å². The molecule has 5 nitrogen and oxygen atoms in total. The summed E-state index contributed by atoms with van der Waals surface area (Å²) in [5.74, 6) is -0.276. The minimum absolute atomic E-state index is 0.0291. The predicted molar refractivity (Wildman–Crippen MR) is 82.8 cm³/mol. The van der Waals surface area contributed by atoms with E-state index >= 15 is 0 Å². The van der Waals surface area contributed by atoms with Gasteiger partial charge in [0.25, 0.3) is 0 Å². The van der Waals surface area contributed by atoms with E-state index in [0.29, 0.717) is 6.42 Å². The van der Waals surface area contributed by atoms with Gasteiger partial charge in [0, 0.05) is 6.07 Å². The average Bonchev–Trinajstić information content (AvgIpc) is 2.44. The van der Waals surface area contributed by atoms with Gasteiger partial charge < -0.3 is 10.1 Å². The molecule has 0 aliphatic heterocycles. The Balaban J connectivity index is 2.49. The van der Waals surface area contributed by atoms with E-state index in [4.69, 9.17) is 4.74 Å². The molecule has 0 spiro atoms. The van der Waals surface area contributed by atoms with Crippen molar-refractivity contribution in [2.75, 3.05) is 30.7 Å². The second kappa shape index (κ2) is 8.84. The SMILES string of the molecule is CCCNCCCCS(=O)(=O)Nc1ccc(F)cc1OC. The smallest absolute Gasteiger partial charge is 0.232 e. The molecule has 0 aliphatic carbocycles. The van der Waals surface area contributed by atoms with Crippen LogP contribution >= 0.6 is 0 Å². The molecule has 120 valence electrons. The maximum absolute atomic E-state index is 13.1. The summed E-state index contributed by atoms with van der Waals surface area (Å²) >= 11 is 0. The second-order valence-corrected chi connectivity index (χ2v) is 6.56. The van der Waals surface area contributed by atoms with Crippen molar-refractivity contribution in [3.8, 4) is 5.75 Å². The number of sulfonamides is 1. The number of ether oxygens (including phenoxy) is 1. The van der Waals surface area contributed by atoms with Gasteiger partial charge in [-0.1, -0.05) is 6.92 Å². The molecule has 0 fully saturated rings. The van der Waals surface area contributed by atoms with Crippen LogP contribution in [0.5, 0.6) is 5.75 Å². The molecule has 0 saturated heterocycles. The summed E-state index contributed by atoms with van der Waals surface area (Å²) in [6, 6.07) is 3.69. The van der Waals surface area contributed by atoms with Crippen LogP contribution in [-0.2, 0) is 10.0 Å². The highest BCUT2D eigenvalue weighted by molar-refractivity contribution is 7.92. The van der Waals surface area contributed by atoms with Crippen molar-refractivity contribution < 1.29 is 17.5 Å². The number of nitrogens with one attached hydrogen (secondary N) is 2. The number of unbranched alkanes of at least 4 members (excludes halogenated alkanes) is 1. The molecular weight excluding hydrogens is 295 g/mol. The Hall–Kier alpha value is -1.34. The van der Waals surface area contributed by atoms with Gasteiger partial charge in [-0.2, -0.15) is 0 Å². The summed E-state index contributed by atoms with van der Waals surface area (Å²) in [4.78, 5) is 0. The largest absolute Gasteiger partial charge is 0.494 e. The molecule has 0 heterocycles. The number of halogens is 1. The first kappa shape index (κ1) is 17.7. The van der Waals surface area contributed by atoms with E-state index in [1.54, 1.807) is 0 Å². The van der Waals surface area contributed by atoms with Gasteiger partial charge in [-0.05, 0) is 44.5 Å². The Morgan fingerprint density at radius 3 is 2.67 bits per heavy atom. The fourth-order valence-corrected chi connectivity index (χ4v) is 3.00. The van der Waals surface area contributed by atoms with Crippen LogP contribution in [-0.4, -0.2) is 34.4 Å². The monoisotopic (exact) mass is 318 g/mol. The summed E-state index contributed by atoms with van der Waals surface area (Å²) in [5.41, 5.74) is 0.253. The van der Waals surface area contributed by atoms with E-state index in [-0.39, 0.29) is 17.2 Å². The topological polar surface area (TPSA) is 67.4 Å². The van der Waals surface area contributed by atoms with Crippen LogP contribution in [0.3, 0.4) is 0 Å². The molecule has 0 aromatic heterocycles. The van der Waals surface area contributed by atoms with Gasteiger partial charge in [0.05, 0.1) is 18.6 Å². The van der Waals surface area contributed by atoms with E-state index in [0.717, 1.165) is 32.0 Å². The standard InChI is InChI=1S/C14H23FN2O3S/c1-3-8-16-9-4-5-10-21(18,19)17-13-7-6-12(15)11-14(13)20-2/h6-7,11,16-17H,3-5,8-10H2,1-2H3. The highest BCUT2D eigenvalue weighted by atomic mass is 32.2. The molecule has 7 heteroatoms. The summed E-state index contributed by atoms with van der Waals surface area (Å²) in [7, 11) is -2.09. The average molecular weight is 318 g/mol. The maximum Gasteiger partial charge on any atom is 0.232 e. The molecular formula is C14H23FN2O3S. The van der Waals surface area contributed by atoms with Crippen LogP contribution in [0.25, 0.3) is 0 Å². The highest BCUT2D eigenvalue weighted by Gasteiger charge is 2.13. The van der Waals surface area contributed by atoms with Gasteiger partial charge in [-0.15, -0.1) is 0 Å². The van der Waals surface area contributed by atoms with Gasteiger partial charge in [0.1, 0.15) is 11.6 Å². The Morgan fingerprint density at radius 2 is 2.00 bits per heavy atom. The third-order valence-electron chi connectivity index (χ3n) is 2.87. The molecule has 0 atom stereocenters.